The molecular formula is C13H17O3. The number of hydrogen-bond donors (Lipinski definition) is 0. The molecule has 0 saturated carbocycles. The van der Waals surface area contributed by atoms with Gasteiger partial charge < -0.3 is 9.47 Å². The van der Waals surface area contributed by atoms with Crippen LogP contribution in [0, 0.1) is 6.10 Å². The third-order valence-corrected chi connectivity index (χ3v) is 2.06. The summed E-state index contributed by atoms with van der Waals surface area (Å²) in [5.41, 5.74) is 1.11. The summed E-state index contributed by atoms with van der Waals surface area (Å²) >= 11 is 0. The highest BCUT2D eigenvalue weighted by Gasteiger charge is 2.11. The molecule has 0 aliphatic rings. The molecule has 0 bridgehead atoms. The van der Waals surface area contributed by atoms with Gasteiger partial charge in [-0.15, -0.1) is 0 Å². The molecular weight excluding hydrogens is 204 g/mol. The molecule has 1 aromatic carbocycles. The number of hydrogen-bond acceptors (Lipinski definition) is 3. The molecule has 0 saturated heterocycles. The maximum absolute atomic E-state index is 10.7. The average molecular weight is 221 g/mol. The summed E-state index contributed by atoms with van der Waals surface area (Å²) in [6.45, 7) is 4.23. The van der Waals surface area contributed by atoms with Crippen LogP contribution in [0.15, 0.2) is 30.3 Å². The Kier molecular flexibility index (Phi) is 5.57. The van der Waals surface area contributed by atoms with Gasteiger partial charge in [-0.2, -0.15) is 0 Å². The molecule has 0 aliphatic carbocycles. The van der Waals surface area contributed by atoms with E-state index in [0.717, 1.165) is 5.56 Å². The Labute approximate surface area is 96.4 Å². The molecule has 3 nitrogen and oxygen atoms in total. The van der Waals surface area contributed by atoms with Crippen LogP contribution in [-0.4, -0.2) is 12.6 Å². The van der Waals surface area contributed by atoms with E-state index in [0.29, 0.717) is 25.7 Å². The standard InChI is InChI=1S/C13H17O3/c1-3-13(16-11(2)14)10-15-9-12-7-5-4-6-8-12/h4-8H,3,9-10H2,1-2H3. The largest absolute Gasteiger partial charge is 0.452 e. The predicted molar refractivity (Wildman–Crippen MR) is 61.4 cm³/mol. The van der Waals surface area contributed by atoms with Crippen LogP contribution in [0.5, 0.6) is 0 Å². The molecule has 0 heterocycles. The van der Waals surface area contributed by atoms with Gasteiger partial charge in [0.1, 0.15) is 0 Å². The van der Waals surface area contributed by atoms with Gasteiger partial charge in [-0.3, -0.25) is 4.79 Å². The molecule has 0 spiro atoms. The van der Waals surface area contributed by atoms with Gasteiger partial charge in [0.25, 0.3) is 0 Å². The smallest absolute Gasteiger partial charge is 0.303 e. The van der Waals surface area contributed by atoms with Crippen molar-refractivity contribution >= 4 is 5.97 Å². The lowest BCUT2D eigenvalue weighted by Gasteiger charge is -2.13. The van der Waals surface area contributed by atoms with Crippen molar-refractivity contribution in [3.8, 4) is 0 Å². The summed E-state index contributed by atoms with van der Waals surface area (Å²) < 4.78 is 10.4. The SMILES string of the molecule is CC[C](COCc1ccccc1)OC(C)=O. The van der Waals surface area contributed by atoms with E-state index in [9.17, 15) is 4.79 Å². The van der Waals surface area contributed by atoms with Gasteiger partial charge in [-0.25, -0.2) is 0 Å². The van der Waals surface area contributed by atoms with E-state index in [-0.39, 0.29) is 5.97 Å². The normalized spacial score (nSPS) is 10.4. The first kappa shape index (κ1) is 12.7. The molecule has 1 rings (SSSR count). The first-order chi connectivity index (χ1) is 7.72. The second-order valence-electron chi connectivity index (χ2n) is 3.46. The molecule has 3 heteroatoms. The highest BCUT2D eigenvalue weighted by Crippen LogP contribution is 2.10. The van der Waals surface area contributed by atoms with Gasteiger partial charge in [0.15, 0.2) is 6.10 Å². The van der Waals surface area contributed by atoms with E-state index >= 15 is 0 Å². The maximum atomic E-state index is 10.7. The minimum atomic E-state index is -0.292. The number of esters is 1. The zero-order valence-electron chi connectivity index (χ0n) is 9.73. The van der Waals surface area contributed by atoms with E-state index in [1.165, 1.54) is 6.92 Å². The van der Waals surface area contributed by atoms with Crippen LogP contribution in [-0.2, 0) is 20.9 Å². The van der Waals surface area contributed by atoms with E-state index in [1.54, 1.807) is 0 Å². The molecule has 1 aromatic rings. The van der Waals surface area contributed by atoms with Gasteiger partial charge >= 0.3 is 5.97 Å². The molecule has 0 N–H and O–H groups in total. The third-order valence-electron chi connectivity index (χ3n) is 2.06. The van der Waals surface area contributed by atoms with E-state index in [4.69, 9.17) is 9.47 Å². The first-order valence-corrected chi connectivity index (χ1v) is 5.37. The summed E-state index contributed by atoms with van der Waals surface area (Å²) in [6, 6.07) is 9.89. The Bertz CT molecular complexity index is 308. The molecule has 87 valence electrons. The minimum Gasteiger partial charge on any atom is -0.452 e. The van der Waals surface area contributed by atoms with Crippen LogP contribution >= 0.6 is 0 Å². The van der Waals surface area contributed by atoms with Crippen LogP contribution < -0.4 is 0 Å². The highest BCUT2D eigenvalue weighted by atomic mass is 16.6. The molecule has 16 heavy (non-hydrogen) atoms. The van der Waals surface area contributed by atoms with Gasteiger partial charge in [0.05, 0.1) is 13.2 Å². The summed E-state index contributed by atoms with van der Waals surface area (Å²) in [5.74, 6) is -0.292. The lowest BCUT2D eigenvalue weighted by molar-refractivity contribution is -0.142. The Balaban J connectivity index is 2.26. The molecule has 0 atom stereocenters. The van der Waals surface area contributed by atoms with Crippen molar-refractivity contribution in [2.45, 2.75) is 26.9 Å². The van der Waals surface area contributed by atoms with Crippen molar-refractivity contribution in [3.05, 3.63) is 42.0 Å². The van der Waals surface area contributed by atoms with Crippen LogP contribution in [0.2, 0.25) is 0 Å². The highest BCUT2D eigenvalue weighted by molar-refractivity contribution is 5.66. The van der Waals surface area contributed by atoms with Crippen molar-refractivity contribution in [1.82, 2.24) is 0 Å². The Morgan fingerprint density at radius 2 is 1.94 bits per heavy atom. The molecule has 0 aliphatic heterocycles. The second kappa shape index (κ2) is 7.01. The van der Waals surface area contributed by atoms with Gasteiger partial charge in [-0.1, -0.05) is 37.3 Å². The topological polar surface area (TPSA) is 35.5 Å². The van der Waals surface area contributed by atoms with Crippen molar-refractivity contribution < 1.29 is 14.3 Å². The molecule has 0 unspecified atom stereocenters. The lowest BCUT2D eigenvalue weighted by Crippen LogP contribution is -2.13. The fraction of sp³-hybridized carbons (Fsp3) is 0.385. The third kappa shape index (κ3) is 4.94. The fourth-order valence-electron chi connectivity index (χ4n) is 1.26. The quantitative estimate of drug-likeness (QED) is 0.693. The number of rotatable bonds is 6. The van der Waals surface area contributed by atoms with Crippen LogP contribution in [0.25, 0.3) is 0 Å². The lowest BCUT2D eigenvalue weighted by atomic mass is 10.2. The van der Waals surface area contributed by atoms with E-state index in [2.05, 4.69) is 0 Å². The fourth-order valence-corrected chi connectivity index (χ4v) is 1.26. The molecule has 0 fully saturated rings. The second-order valence-corrected chi connectivity index (χ2v) is 3.46. The summed E-state index contributed by atoms with van der Waals surface area (Å²) in [7, 11) is 0. The number of ether oxygens (including phenoxy) is 2. The van der Waals surface area contributed by atoms with Gasteiger partial charge in [0.2, 0.25) is 0 Å². The van der Waals surface area contributed by atoms with Crippen LogP contribution in [0.1, 0.15) is 25.8 Å². The molecule has 0 aromatic heterocycles. The zero-order valence-corrected chi connectivity index (χ0v) is 9.73. The monoisotopic (exact) mass is 221 g/mol. The molecule has 1 radical (unpaired) electrons. The number of carbonyl (C=O) groups is 1. The van der Waals surface area contributed by atoms with Crippen molar-refractivity contribution in [2.75, 3.05) is 6.61 Å². The van der Waals surface area contributed by atoms with Crippen LogP contribution in [0.4, 0.5) is 0 Å². The summed E-state index contributed by atoms with van der Waals surface area (Å²) in [4.78, 5) is 10.7. The van der Waals surface area contributed by atoms with Crippen molar-refractivity contribution in [2.24, 2.45) is 0 Å². The van der Waals surface area contributed by atoms with Gasteiger partial charge in [-0.05, 0) is 12.0 Å². The van der Waals surface area contributed by atoms with Crippen molar-refractivity contribution in [3.63, 3.8) is 0 Å². The number of carbonyl (C=O) groups excluding carboxylic acids is 1. The Morgan fingerprint density at radius 1 is 1.25 bits per heavy atom. The molecule has 0 amide bonds. The first-order valence-electron chi connectivity index (χ1n) is 5.37. The van der Waals surface area contributed by atoms with E-state index in [1.807, 2.05) is 37.3 Å². The predicted octanol–water partition coefficient (Wildman–Crippen LogP) is 2.71. The summed E-state index contributed by atoms with van der Waals surface area (Å²) in [6.07, 6.45) is 1.36. The van der Waals surface area contributed by atoms with Crippen LogP contribution in [0.3, 0.4) is 0 Å². The van der Waals surface area contributed by atoms with Gasteiger partial charge in [0, 0.05) is 6.92 Å². The summed E-state index contributed by atoms with van der Waals surface area (Å²) in [5, 5.41) is 0. The number of benzene rings is 1. The maximum Gasteiger partial charge on any atom is 0.303 e. The average Bonchev–Trinajstić information content (AvgIpc) is 2.28. The van der Waals surface area contributed by atoms with Crippen molar-refractivity contribution in [1.29, 1.82) is 0 Å². The minimum absolute atomic E-state index is 0.292. The van der Waals surface area contributed by atoms with E-state index < -0.39 is 0 Å². The zero-order chi connectivity index (χ0) is 11.8. The Morgan fingerprint density at radius 3 is 2.50 bits per heavy atom. The Hall–Kier alpha value is -1.35.